The van der Waals surface area contributed by atoms with Crippen LogP contribution in [0.15, 0.2) is 18.2 Å². The second-order valence-corrected chi connectivity index (χ2v) is 2.25. The number of rotatable bonds is 1. The summed E-state index contributed by atoms with van der Waals surface area (Å²) < 4.78 is 0. The van der Waals surface area contributed by atoms with E-state index in [9.17, 15) is 4.79 Å². The average molecular weight is 165 g/mol. The Morgan fingerprint density at radius 3 is 2.33 bits per heavy atom. The molecule has 2 nitrogen and oxygen atoms in total. The molecule has 0 saturated carbocycles. The third-order valence-corrected chi connectivity index (χ3v) is 1.37. The minimum atomic E-state index is 0.542. The third-order valence-electron chi connectivity index (χ3n) is 1.37. The number of anilines is 1. The Kier molecular flexibility index (Phi) is 4.77. The average Bonchev–Trinajstić information content (AvgIpc) is 2.13. The van der Waals surface area contributed by atoms with E-state index in [4.69, 9.17) is 5.73 Å². The number of benzene rings is 1. The van der Waals surface area contributed by atoms with Gasteiger partial charge in [-0.15, -0.1) is 0 Å². The van der Waals surface area contributed by atoms with Gasteiger partial charge in [0.2, 0.25) is 0 Å². The van der Waals surface area contributed by atoms with Crippen molar-refractivity contribution in [3.05, 3.63) is 29.3 Å². The molecule has 0 aliphatic heterocycles. The zero-order chi connectivity index (χ0) is 9.56. The first-order valence-corrected chi connectivity index (χ1v) is 4.05. The number of nitrogens with two attached hydrogens (primary N) is 1. The largest absolute Gasteiger partial charge is 0.398 e. The van der Waals surface area contributed by atoms with Gasteiger partial charge in [0.15, 0.2) is 6.29 Å². The van der Waals surface area contributed by atoms with Crippen molar-refractivity contribution in [2.24, 2.45) is 0 Å². The molecule has 1 aromatic carbocycles. The number of hydrogen-bond donors (Lipinski definition) is 1. The summed E-state index contributed by atoms with van der Waals surface area (Å²) in [5, 5.41) is 0. The summed E-state index contributed by atoms with van der Waals surface area (Å²) in [5.41, 5.74) is 7.63. The van der Waals surface area contributed by atoms with E-state index in [0.717, 1.165) is 11.8 Å². The highest BCUT2D eigenvalue weighted by Gasteiger charge is 1.94. The highest BCUT2D eigenvalue weighted by molar-refractivity contribution is 5.83. The Labute approximate surface area is 73.4 Å². The van der Waals surface area contributed by atoms with E-state index in [1.807, 2.05) is 26.8 Å². The molecule has 0 bridgehead atoms. The highest BCUT2D eigenvalue weighted by Crippen LogP contribution is 2.10. The minimum Gasteiger partial charge on any atom is -0.398 e. The highest BCUT2D eigenvalue weighted by atomic mass is 16.1. The van der Waals surface area contributed by atoms with Gasteiger partial charge in [-0.2, -0.15) is 0 Å². The van der Waals surface area contributed by atoms with Crippen LogP contribution in [0.25, 0.3) is 0 Å². The standard InChI is InChI=1S/C8H9NO.C2H6/c1-6-2-3-8(9)7(4-6)5-10;1-2/h2-5H,9H2,1H3;1-2H3. The van der Waals surface area contributed by atoms with Crippen molar-refractivity contribution in [3.63, 3.8) is 0 Å². The maximum absolute atomic E-state index is 10.3. The van der Waals surface area contributed by atoms with Gasteiger partial charge in [0.1, 0.15) is 0 Å². The van der Waals surface area contributed by atoms with Gasteiger partial charge in [-0.05, 0) is 19.1 Å². The fourth-order valence-corrected chi connectivity index (χ4v) is 0.796. The van der Waals surface area contributed by atoms with Gasteiger partial charge in [0, 0.05) is 11.3 Å². The lowest BCUT2D eigenvalue weighted by Gasteiger charge is -1.97. The first-order valence-electron chi connectivity index (χ1n) is 4.05. The molecule has 0 unspecified atom stereocenters. The Morgan fingerprint density at radius 2 is 1.92 bits per heavy atom. The van der Waals surface area contributed by atoms with Gasteiger partial charge in [-0.25, -0.2) is 0 Å². The molecule has 0 fully saturated rings. The first-order chi connectivity index (χ1) is 5.74. The summed E-state index contributed by atoms with van der Waals surface area (Å²) >= 11 is 0. The smallest absolute Gasteiger partial charge is 0.152 e. The van der Waals surface area contributed by atoms with Crippen LogP contribution in [-0.2, 0) is 0 Å². The van der Waals surface area contributed by atoms with Crippen molar-refractivity contribution in [1.82, 2.24) is 0 Å². The lowest BCUT2D eigenvalue weighted by molar-refractivity contribution is 0.112. The van der Waals surface area contributed by atoms with Crippen LogP contribution in [0.3, 0.4) is 0 Å². The van der Waals surface area contributed by atoms with Gasteiger partial charge < -0.3 is 5.73 Å². The molecule has 0 radical (unpaired) electrons. The van der Waals surface area contributed by atoms with E-state index in [2.05, 4.69) is 0 Å². The summed E-state index contributed by atoms with van der Waals surface area (Å²) in [7, 11) is 0. The summed E-state index contributed by atoms with van der Waals surface area (Å²) in [6.07, 6.45) is 0.766. The van der Waals surface area contributed by atoms with Crippen molar-refractivity contribution in [1.29, 1.82) is 0 Å². The van der Waals surface area contributed by atoms with Crippen molar-refractivity contribution >= 4 is 12.0 Å². The molecule has 0 amide bonds. The second-order valence-electron chi connectivity index (χ2n) is 2.25. The zero-order valence-corrected chi connectivity index (χ0v) is 7.79. The summed E-state index contributed by atoms with van der Waals surface area (Å²) in [6.45, 7) is 5.92. The van der Waals surface area contributed by atoms with Crippen LogP contribution < -0.4 is 5.73 Å². The van der Waals surface area contributed by atoms with Crippen LogP contribution in [0.2, 0.25) is 0 Å². The van der Waals surface area contributed by atoms with Crippen molar-refractivity contribution in [2.45, 2.75) is 20.8 Å². The van der Waals surface area contributed by atoms with E-state index in [-0.39, 0.29) is 0 Å². The van der Waals surface area contributed by atoms with E-state index in [1.165, 1.54) is 0 Å². The summed E-state index contributed by atoms with van der Waals surface area (Å²) in [5.74, 6) is 0. The van der Waals surface area contributed by atoms with E-state index < -0.39 is 0 Å². The summed E-state index contributed by atoms with van der Waals surface area (Å²) in [4.78, 5) is 10.3. The lowest BCUT2D eigenvalue weighted by Crippen LogP contribution is -1.92. The zero-order valence-electron chi connectivity index (χ0n) is 7.79. The van der Waals surface area contributed by atoms with Crippen LogP contribution in [0.5, 0.6) is 0 Å². The summed E-state index contributed by atoms with van der Waals surface area (Å²) in [6, 6.07) is 5.38. The number of carbonyl (C=O) groups excluding carboxylic acids is 1. The Balaban J connectivity index is 0.000000561. The maximum atomic E-state index is 10.3. The molecule has 1 aromatic rings. The van der Waals surface area contributed by atoms with E-state index in [0.29, 0.717) is 11.3 Å². The van der Waals surface area contributed by atoms with Crippen LogP contribution in [0, 0.1) is 6.92 Å². The maximum Gasteiger partial charge on any atom is 0.152 e. The molecule has 12 heavy (non-hydrogen) atoms. The molecule has 0 spiro atoms. The first kappa shape index (κ1) is 10.7. The predicted molar refractivity (Wildman–Crippen MR) is 52.3 cm³/mol. The quantitative estimate of drug-likeness (QED) is 0.513. The molecule has 0 heterocycles. The molecule has 2 heteroatoms. The lowest BCUT2D eigenvalue weighted by atomic mass is 10.1. The number of nitrogen functional groups attached to an aromatic ring is 1. The van der Waals surface area contributed by atoms with Gasteiger partial charge >= 0.3 is 0 Å². The Hall–Kier alpha value is -1.31. The van der Waals surface area contributed by atoms with Crippen LogP contribution in [-0.4, -0.2) is 6.29 Å². The molecular formula is C10H15NO. The fourth-order valence-electron chi connectivity index (χ4n) is 0.796. The van der Waals surface area contributed by atoms with E-state index >= 15 is 0 Å². The van der Waals surface area contributed by atoms with E-state index in [1.54, 1.807) is 12.1 Å². The monoisotopic (exact) mass is 165 g/mol. The van der Waals surface area contributed by atoms with Crippen LogP contribution in [0.4, 0.5) is 5.69 Å². The van der Waals surface area contributed by atoms with Gasteiger partial charge in [0.05, 0.1) is 0 Å². The minimum absolute atomic E-state index is 0.542. The molecular weight excluding hydrogens is 150 g/mol. The Morgan fingerprint density at radius 1 is 1.33 bits per heavy atom. The SMILES string of the molecule is CC.Cc1ccc(N)c(C=O)c1. The second kappa shape index (κ2) is 5.35. The number of carbonyl (C=O) groups is 1. The van der Waals surface area contributed by atoms with Gasteiger partial charge in [0.25, 0.3) is 0 Å². The third kappa shape index (κ3) is 2.74. The molecule has 0 aliphatic carbocycles. The topological polar surface area (TPSA) is 43.1 Å². The fraction of sp³-hybridized carbons (Fsp3) is 0.300. The van der Waals surface area contributed by atoms with Gasteiger partial charge in [-0.1, -0.05) is 25.5 Å². The van der Waals surface area contributed by atoms with Crippen molar-refractivity contribution < 1.29 is 4.79 Å². The predicted octanol–water partition coefficient (Wildman–Crippen LogP) is 2.42. The van der Waals surface area contributed by atoms with Crippen molar-refractivity contribution in [3.8, 4) is 0 Å². The van der Waals surface area contributed by atoms with Gasteiger partial charge in [-0.3, -0.25) is 4.79 Å². The van der Waals surface area contributed by atoms with Crippen molar-refractivity contribution in [2.75, 3.05) is 5.73 Å². The molecule has 0 aromatic heterocycles. The Bertz CT molecular complexity index is 256. The number of aldehydes is 1. The number of aryl methyl sites for hydroxylation is 1. The molecule has 0 saturated heterocycles. The van der Waals surface area contributed by atoms with Crippen LogP contribution in [0.1, 0.15) is 29.8 Å². The normalized spacial score (nSPS) is 8.25. The molecule has 66 valence electrons. The molecule has 2 N–H and O–H groups in total. The molecule has 1 rings (SSSR count). The molecule has 0 aliphatic rings. The molecule has 0 atom stereocenters. The van der Waals surface area contributed by atoms with Crippen LogP contribution >= 0.6 is 0 Å². The number of hydrogen-bond acceptors (Lipinski definition) is 2.